The molecule has 3 aliphatic rings. The number of hydrogen-bond acceptors (Lipinski definition) is 8. The maximum atomic E-state index is 13.9. The average molecular weight is 580 g/mol. The number of hydrogen-bond donors (Lipinski definition) is 3. The third-order valence-corrected chi connectivity index (χ3v) is 8.69. The molecular weight excluding hydrogens is 547 g/mol. The molecule has 0 bridgehead atoms. The van der Waals surface area contributed by atoms with Gasteiger partial charge in [-0.1, -0.05) is 36.4 Å². The molecule has 1 aromatic heterocycles. The van der Waals surface area contributed by atoms with Crippen LogP contribution in [0.2, 0.25) is 0 Å². The number of imide groups is 1. The lowest BCUT2D eigenvalue weighted by molar-refractivity contribution is -0.122. The normalized spacial score (nSPS) is 23.5. The van der Waals surface area contributed by atoms with Crippen molar-refractivity contribution in [3.63, 3.8) is 0 Å². The second-order valence-electron chi connectivity index (χ2n) is 11.2. The van der Waals surface area contributed by atoms with E-state index in [1.807, 2.05) is 36.4 Å². The third kappa shape index (κ3) is 5.54. The molecule has 9 nitrogen and oxygen atoms in total. The highest BCUT2D eigenvalue weighted by Crippen LogP contribution is 2.50. The van der Waals surface area contributed by atoms with Crippen molar-refractivity contribution in [1.29, 1.82) is 0 Å². The van der Waals surface area contributed by atoms with E-state index >= 15 is 0 Å². The summed E-state index contributed by atoms with van der Waals surface area (Å²) in [5.41, 5.74) is 5.00. The minimum absolute atomic E-state index is 0.185. The van der Waals surface area contributed by atoms with Gasteiger partial charge >= 0.3 is 7.12 Å². The number of methoxy groups -OCH3 is 1. The Kier molecular flexibility index (Phi) is 8.27. The number of allylic oxidation sites excluding steroid dienone is 1. The van der Waals surface area contributed by atoms with Crippen LogP contribution in [0.4, 0.5) is 5.69 Å². The molecule has 2 saturated heterocycles. The van der Waals surface area contributed by atoms with Crippen molar-refractivity contribution in [2.75, 3.05) is 25.2 Å². The lowest BCUT2D eigenvalue weighted by atomic mass is 9.69. The van der Waals surface area contributed by atoms with Gasteiger partial charge in [-0.05, 0) is 77.9 Å². The van der Waals surface area contributed by atoms with Crippen molar-refractivity contribution in [2.24, 2.45) is 17.8 Å². The summed E-state index contributed by atoms with van der Waals surface area (Å²) in [5.74, 6) is -1.77. The van der Waals surface area contributed by atoms with E-state index in [1.54, 1.807) is 37.6 Å². The first-order chi connectivity index (χ1) is 20.9. The van der Waals surface area contributed by atoms with Crippen molar-refractivity contribution < 1.29 is 34.2 Å². The van der Waals surface area contributed by atoms with E-state index in [-0.39, 0.29) is 35.0 Å². The molecule has 6 rings (SSSR count). The molecule has 0 unspecified atom stereocenters. The van der Waals surface area contributed by atoms with E-state index in [9.17, 15) is 24.7 Å². The number of phenolic OH excluding ortho intramolecular Hbond substituents is 1. The smallest absolute Gasteiger partial charge is 0.488 e. The zero-order valence-electron chi connectivity index (χ0n) is 23.8. The van der Waals surface area contributed by atoms with Gasteiger partial charge in [0.2, 0.25) is 11.8 Å². The summed E-state index contributed by atoms with van der Waals surface area (Å²) >= 11 is 0. The van der Waals surface area contributed by atoms with Gasteiger partial charge in [0.1, 0.15) is 5.75 Å². The number of aromatic hydroxyl groups is 1. The monoisotopic (exact) mass is 580 g/mol. The predicted octanol–water partition coefficient (Wildman–Crippen LogP) is 2.96. The van der Waals surface area contributed by atoms with Gasteiger partial charge in [-0.15, -0.1) is 0 Å². The Morgan fingerprint density at radius 2 is 1.88 bits per heavy atom. The molecule has 3 aromatic rings. The summed E-state index contributed by atoms with van der Waals surface area (Å²) in [4.78, 5) is 33.3. The molecule has 1 aliphatic carbocycles. The number of ether oxygens (including phenoxy) is 2. The molecule has 43 heavy (non-hydrogen) atoms. The minimum atomic E-state index is -1.71. The summed E-state index contributed by atoms with van der Waals surface area (Å²) in [7, 11) is -0.0932. The summed E-state index contributed by atoms with van der Waals surface area (Å²) in [6.07, 6.45) is 5.04. The van der Waals surface area contributed by atoms with Crippen LogP contribution in [0.25, 0.3) is 11.6 Å². The van der Waals surface area contributed by atoms with Crippen LogP contribution in [0.3, 0.4) is 0 Å². The Morgan fingerprint density at radius 3 is 2.63 bits per heavy atom. The van der Waals surface area contributed by atoms with E-state index in [1.165, 1.54) is 17.0 Å². The van der Waals surface area contributed by atoms with Crippen LogP contribution >= 0.6 is 0 Å². The van der Waals surface area contributed by atoms with Crippen molar-refractivity contribution >= 4 is 41.7 Å². The van der Waals surface area contributed by atoms with Crippen molar-refractivity contribution in [3.05, 3.63) is 95.3 Å². The Hall–Kier alpha value is -4.09. The molecule has 2 aliphatic heterocycles. The maximum absolute atomic E-state index is 13.9. The average Bonchev–Trinajstić information content (AvgIpc) is 3.55. The molecule has 2 amide bonds. The van der Waals surface area contributed by atoms with Crippen molar-refractivity contribution in [1.82, 2.24) is 4.98 Å². The molecular formula is C33H33BN2O7. The number of amides is 2. The molecule has 3 heterocycles. The van der Waals surface area contributed by atoms with E-state index in [2.05, 4.69) is 4.98 Å². The second kappa shape index (κ2) is 12.3. The van der Waals surface area contributed by atoms with Crippen LogP contribution in [0.5, 0.6) is 5.75 Å². The predicted molar refractivity (Wildman–Crippen MR) is 162 cm³/mol. The summed E-state index contributed by atoms with van der Waals surface area (Å²) in [6, 6.07) is 19.1. The molecule has 4 atom stereocenters. The van der Waals surface area contributed by atoms with E-state index in [0.717, 1.165) is 22.4 Å². The number of carbonyl (C=O) groups is 2. The maximum Gasteiger partial charge on any atom is 0.488 e. The fraction of sp³-hybridized carbons (Fsp3) is 0.303. The quantitative estimate of drug-likeness (QED) is 0.200. The molecule has 3 N–H and O–H groups in total. The van der Waals surface area contributed by atoms with Crippen LogP contribution in [-0.4, -0.2) is 65.5 Å². The van der Waals surface area contributed by atoms with Crippen molar-refractivity contribution in [2.45, 2.75) is 25.4 Å². The van der Waals surface area contributed by atoms with Gasteiger partial charge in [-0.3, -0.25) is 19.5 Å². The number of benzene rings is 2. The van der Waals surface area contributed by atoms with Crippen LogP contribution < -0.4 is 10.4 Å². The van der Waals surface area contributed by atoms with E-state index in [4.69, 9.17) is 9.47 Å². The van der Waals surface area contributed by atoms with E-state index in [0.29, 0.717) is 43.7 Å². The van der Waals surface area contributed by atoms with Gasteiger partial charge in [0, 0.05) is 24.8 Å². The molecule has 0 spiro atoms. The largest absolute Gasteiger partial charge is 0.507 e. The Bertz CT molecular complexity index is 1590. The summed E-state index contributed by atoms with van der Waals surface area (Å²) in [6.45, 7) is 0.655. The molecule has 0 saturated carbocycles. The van der Waals surface area contributed by atoms with Gasteiger partial charge < -0.3 is 24.6 Å². The number of anilines is 1. The van der Waals surface area contributed by atoms with Crippen molar-refractivity contribution in [3.8, 4) is 5.75 Å². The van der Waals surface area contributed by atoms with E-state index < -0.39 is 19.0 Å². The Labute approximate surface area is 250 Å². The number of fused-ring (bicyclic) bond motifs is 3. The highest BCUT2D eigenvalue weighted by atomic mass is 16.5. The Morgan fingerprint density at radius 1 is 1.07 bits per heavy atom. The molecule has 10 heteroatoms. The molecule has 2 fully saturated rings. The number of rotatable bonds is 9. The number of para-hydroxylation sites is 1. The fourth-order valence-electron chi connectivity index (χ4n) is 6.77. The first kappa shape index (κ1) is 29.0. The number of carbonyl (C=O) groups excluding carboxylic acids is 2. The number of nitrogens with zero attached hydrogens (tertiary/aromatic N) is 2. The SMILES string of the molecule is COCC1=C2[C@@H](CC/C(=C/c3ccccc3O)c3ccccn3)OC[C@@H]2[C@@H]2C(=O)N(c3cccc(B(O)O)c3)C(=O)[C@@H]2C1. The number of phenols is 1. The molecule has 0 radical (unpaired) electrons. The topological polar surface area (TPSA) is 129 Å². The number of pyridine rings is 1. The van der Waals surface area contributed by atoms with Crippen LogP contribution in [-0.2, 0) is 19.1 Å². The van der Waals surface area contributed by atoms with Gasteiger partial charge in [0.15, 0.2) is 0 Å². The third-order valence-electron chi connectivity index (χ3n) is 8.69. The first-order valence-electron chi connectivity index (χ1n) is 14.4. The lowest BCUT2D eigenvalue weighted by Crippen LogP contribution is -2.36. The Balaban J connectivity index is 1.28. The highest BCUT2D eigenvalue weighted by Gasteiger charge is 2.57. The van der Waals surface area contributed by atoms with Gasteiger partial charge in [-0.25, -0.2) is 0 Å². The zero-order valence-corrected chi connectivity index (χ0v) is 23.8. The lowest BCUT2D eigenvalue weighted by Gasteiger charge is -2.31. The molecule has 220 valence electrons. The van der Waals surface area contributed by atoms with Gasteiger partial charge in [0.05, 0.1) is 42.5 Å². The van der Waals surface area contributed by atoms with Gasteiger partial charge in [0.25, 0.3) is 0 Å². The minimum Gasteiger partial charge on any atom is -0.507 e. The highest BCUT2D eigenvalue weighted by molar-refractivity contribution is 6.58. The first-order valence-corrected chi connectivity index (χ1v) is 14.4. The summed E-state index contributed by atoms with van der Waals surface area (Å²) < 4.78 is 11.9. The molecule has 2 aromatic carbocycles. The summed E-state index contributed by atoms with van der Waals surface area (Å²) in [5, 5.41) is 29.7. The fourth-order valence-corrected chi connectivity index (χ4v) is 6.77. The zero-order chi connectivity index (χ0) is 30.1. The van der Waals surface area contributed by atoms with Crippen LogP contribution in [0.1, 0.15) is 30.5 Å². The standard InChI is InChI=1S/C33H33BN2O7/c1-42-18-22-16-25-31(33(39)36(32(25)38)24-9-6-8-23(17-24)34(40)41)26-19-43-29(30(22)26)13-12-20(27-10-4-5-14-35-27)15-21-7-2-3-11-28(21)37/h2-11,14-15,17,25-26,29,31,37,40-41H,12-13,16,18-19H2,1H3/b20-15-/t25-,26+,29-,31-/m1/s1. The van der Waals surface area contributed by atoms with Gasteiger partial charge in [-0.2, -0.15) is 0 Å². The van der Waals surface area contributed by atoms with Crippen LogP contribution in [0, 0.1) is 17.8 Å². The van der Waals surface area contributed by atoms with Crippen LogP contribution in [0.15, 0.2) is 84.1 Å². The number of aromatic nitrogens is 1. The second-order valence-corrected chi connectivity index (χ2v) is 11.2.